The van der Waals surface area contributed by atoms with E-state index in [2.05, 4.69) is 20.6 Å². The predicted octanol–water partition coefficient (Wildman–Crippen LogP) is 7.23. The van der Waals surface area contributed by atoms with Crippen LogP contribution in [0.1, 0.15) is 64.5 Å². The molecule has 0 saturated carbocycles. The van der Waals surface area contributed by atoms with Crippen LogP contribution in [-0.4, -0.2) is 60.4 Å². The minimum absolute atomic E-state index is 0.166. The van der Waals surface area contributed by atoms with E-state index in [0.717, 1.165) is 24.0 Å². The molecule has 0 aliphatic carbocycles. The van der Waals surface area contributed by atoms with Crippen LogP contribution in [0, 0.1) is 6.92 Å². The number of ether oxygens (including phenoxy) is 2. The molecular formula is C31H40ClN5O5S. The van der Waals surface area contributed by atoms with Crippen molar-refractivity contribution >= 4 is 50.7 Å². The molecule has 1 aliphatic rings. The second-order valence-corrected chi connectivity index (χ2v) is 14.8. The van der Waals surface area contributed by atoms with Crippen LogP contribution in [0.15, 0.2) is 47.5 Å². The Bertz CT molecular complexity index is 1580. The fraction of sp³-hybridized carbons (Fsp3) is 0.452. The van der Waals surface area contributed by atoms with Crippen molar-refractivity contribution in [3.63, 3.8) is 0 Å². The van der Waals surface area contributed by atoms with Crippen LogP contribution in [0.4, 0.5) is 27.9 Å². The molecule has 2 aromatic carbocycles. The predicted molar refractivity (Wildman–Crippen MR) is 170 cm³/mol. The average molecular weight is 630 g/mol. The molecule has 4 rings (SSSR count). The Morgan fingerprint density at radius 1 is 1.09 bits per heavy atom. The average Bonchev–Trinajstić information content (AvgIpc) is 2.94. The van der Waals surface area contributed by atoms with Gasteiger partial charge < -0.3 is 25.0 Å². The van der Waals surface area contributed by atoms with Gasteiger partial charge in [0, 0.05) is 13.1 Å². The van der Waals surface area contributed by atoms with Crippen molar-refractivity contribution in [3.8, 4) is 5.75 Å². The summed E-state index contributed by atoms with van der Waals surface area (Å²) >= 11 is 6.41. The molecule has 0 spiro atoms. The number of aromatic nitrogens is 2. The van der Waals surface area contributed by atoms with Crippen LogP contribution in [0.25, 0.3) is 0 Å². The summed E-state index contributed by atoms with van der Waals surface area (Å²) < 4.78 is 37.1. The fourth-order valence-corrected chi connectivity index (χ4v) is 6.28. The highest BCUT2D eigenvalue weighted by molar-refractivity contribution is 7.92. The number of piperidine rings is 1. The highest BCUT2D eigenvalue weighted by atomic mass is 35.5. The minimum Gasteiger partial charge on any atom is -0.495 e. The topological polar surface area (TPSA) is 123 Å². The largest absolute Gasteiger partial charge is 0.495 e. The third-order valence-corrected chi connectivity index (χ3v) is 9.72. The van der Waals surface area contributed by atoms with Crippen molar-refractivity contribution in [2.45, 2.75) is 76.0 Å². The lowest BCUT2D eigenvalue weighted by Gasteiger charge is -2.34. The lowest BCUT2D eigenvalue weighted by molar-refractivity contribution is 0.0204. The van der Waals surface area contributed by atoms with Crippen molar-refractivity contribution in [1.29, 1.82) is 0 Å². The minimum atomic E-state index is -3.55. The zero-order valence-electron chi connectivity index (χ0n) is 25.7. The highest BCUT2D eigenvalue weighted by Crippen LogP contribution is 2.38. The van der Waals surface area contributed by atoms with E-state index < -0.39 is 20.7 Å². The first-order chi connectivity index (χ1) is 20.2. The quantitative estimate of drug-likeness (QED) is 0.265. The number of methoxy groups -OCH3 is 1. The van der Waals surface area contributed by atoms with Gasteiger partial charge in [-0.25, -0.2) is 18.2 Å². The molecule has 0 radical (unpaired) electrons. The van der Waals surface area contributed by atoms with Gasteiger partial charge in [-0.05, 0) is 95.7 Å². The van der Waals surface area contributed by atoms with E-state index in [4.69, 9.17) is 21.1 Å². The summed E-state index contributed by atoms with van der Waals surface area (Å²) in [6.45, 7) is 12.2. The SMILES string of the molecule is COc1cc(C2CCN(C(=O)OC(C)(C)C)CC2)c(C)cc1Nc1ncc(Cl)c(Nc2ccccc2S(=O)(=O)C(C)C)n1. The normalized spacial score (nSPS) is 14.5. The van der Waals surface area contributed by atoms with Gasteiger partial charge in [-0.3, -0.25) is 0 Å². The first kappa shape index (κ1) is 32.3. The van der Waals surface area contributed by atoms with Crippen LogP contribution < -0.4 is 15.4 Å². The number of para-hydroxylation sites is 1. The molecule has 1 aromatic heterocycles. The van der Waals surface area contributed by atoms with E-state index in [0.29, 0.717) is 30.2 Å². The lowest BCUT2D eigenvalue weighted by atomic mass is 9.86. The van der Waals surface area contributed by atoms with Crippen molar-refractivity contribution in [1.82, 2.24) is 14.9 Å². The molecule has 1 aliphatic heterocycles. The van der Waals surface area contributed by atoms with E-state index in [9.17, 15) is 13.2 Å². The van der Waals surface area contributed by atoms with Crippen LogP contribution in [-0.2, 0) is 14.6 Å². The first-order valence-corrected chi connectivity index (χ1v) is 16.2. The molecule has 2 heterocycles. The Kier molecular flexibility index (Phi) is 9.76. The van der Waals surface area contributed by atoms with Crippen molar-refractivity contribution in [2.24, 2.45) is 0 Å². The van der Waals surface area contributed by atoms with Gasteiger partial charge in [-0.2, -0.15) is 4.98 Å². The molecule has 0 bridgehead atoms. The van der Waals surface area contributed by atoms with E-state index in [-0.39, 0.29) is 33.7 Å². The number of aryl methyl sites for hydroxylation is 1. The lowest BCUT2D eigenvalue weighted by Crippen LogP contribution is -2.41. The number of sulfone groups is 1. The zero-order valence-corrected chi connectivity index (χ0v) is 27.3. The van der Waals surface area contributed by atoms with Gasteiger partial charge >= 0.3 is 6.09 Å². The number of nitrogens with one attached hydrogen (secondary N) is 2. The van der Waals surface area contributed by atoms with Gasteiger partial charge in [0.1, 0.15) is 16.4 Å². The number of carbonyl (C=O) groups is 1. The highest BCUT2D eigenvalue weighted by Gasteiger charge is 2.29. The van der Waals surface area contributed by atoms with Gasteiger partial charge in [-0.1, -0.05) is 23.7 Å². The number of rotatable bonds is 8. The number of benzene rings is 2. The molecule has 1 amide bonds. The molecule has 3 aromatic rings. The van der Waals surface area contributed by atoms with Gasteiger partial charge in [0.25, 0.3) is 0 Å². The molecular weight excluding hydrogens is 590 g/mol. The third-order valence-electron chi connectivity index (χ3n) is 7.23. The van der Waals surface area contributed by atoms with Gasteiger partial charge in [0.05, 0.1) is 34.8 Å². The van der Waals surface area contributed by atoms with Crippen LogP contribution >= 0.6 is 11.6 Å². The summed E-state index contributed by atoms with van der Waals surface area (Å²) in [5.74, 6) is 1.41. The summed E-state index contributed by atoms with van der Waals surface area (Å²) in [5, 5.41) is 5.94. The summed E-state index contributed by atoms with van der Waals surface area (Å²) in [7, 11) is -1.94. The number of amides is 1. The van der Waals surface area contributed by atoms with Crippen molar-refractivity contribution < 1.29 is 22.7 Å². The van der Waals surface area contributed by atoms with Gasteiger partial charge in [0.2, 0.25) is 5.95 Å². The zero-order chi connectivity index (χ0) is 31.5. The third kappa shape index (κ3) is 7.69. The molecule has 0 atom stereocenters. The number of halogens is 1. The van der Waals surface area contributed by atoms with Crippen LogP contribution in [0.2, 0.25) is 5.02 Å². The van der Waals surface area contributed by atoms with Crippen LogP contribution in [0.3, 0.4) is 0 Å². The summed E-state index contributed by atoms with van der Waals surface area (Å²) in [6, 6.07) is 10.7. The Labute approximate surface area is 259 Å². The van der Waals surface area contributed by atoms with E-state index in [1.807, 2.05) is 39.8 Å². The van der Waals surface area contributed by atoms with Crippen molar-refractivity contribution in [3.05, 3.63) is 58.7 Å². The Balaban J connectivity index is 1.53. The molecule has 232 valence electrons. The number of anilines is 4. The number of likely N-dealkylation sites (tertiary alicyclic amines) is 1. The Morgan fingerprint density at radius 3 is 2.40 bits per heavy atom. The standard InChI is InChI=1S/C31H40ClN5O5S/c1-19(2)43(39,40)27-11-9-8-10-24(27)34-28-23(32)18-33-29(36-28)35-25-16-20(3)22(17-26(25)41-7)21-12-14-37(15-13-21)30(38)42-31(4,5)6/h8-11,16-19,21H,12-15H2,1-7H3,(H2,33,34,35,36). The van der Waals surface area contributed by atoms with E-state index >= 15 is 0 Å². The number of hydrogen-bond acceptors (Lipinski definition) is 9. The molecule has 43 heavy (non-hydrogen) atoms. The fourth-order valence-electron chi connectivity index (χ4n) is 4.94. The molecule has 2 N–H and O–H groups in total. The number of carbonyl (C=O) groups excluding carboxylic acids is 1. The molecule has 1 fully saturated rings. The first-order valence-electron chi connectivity index (χ1n) is 14.3. The summed E-state index contributed by atoms with van der Waals surface area (Å²) in [4.78, 5) is 23.3. The molecule has 12 heteroatoms. The number of nitrogens with zero attached hydrogens (tertiary/aromatic N) is 3. The molecule has 1 saturated heterocycles. The Hall–Kier alpha value is -3.57. The Morgan fingerprint density at radius 2 is 1.77 bits per heavy atom. The maximum atomic E-state index is 12.9. The maximum absolute atomic E-state index is 12.9. The van der Waals surface area contributed by atoms with Crippen LogP contribution in [0.5, 0.6) is 5.75 Å². The van der Waals surface area contributed by atoms with Gasteiger partial charge in [-0.15, -0.1) is 0 Å². The van der Waals surface area contributed by atoms with Crippen molar-refractivity contribution in [2.75, 3.05) is 30.8 Å². The second-order valence-electron chi connectivity index (χ2n) is 11.9. The van der Waals surface area contributed by atoms with E-state index in [1.54, 1.807) is 50.1 Å². The summed E-state index contributed by atoms with van der Waals surface area (Å²) in [5.41, 5.74) is 2.75. The second kappa shape index (κ2) is 13.0. The molecule has 10 nitrogen and oxygen atoms in total. The maximum Gasteiger partial charge on any atom is 0.410 e. The molecule has 0 unspecified atom stereocenters. The number of hydrogen-bond donors (Lipinski definition) is 2. The van der Waals surface area contributed by atoms with E-state index in [1.165, 1.54) is 6.20 Å². The smallest absolute Gasteiger partial charge is 0.410 e. The summed E-state index contributed by atoms with van der Waals surface area (Å²) in [6.07, 6.45) is 2.81. The van der Waals surface area contributed by atoms with Gasteiger partial charge in [0.15, 0.2) is 15.7 Å². The monoisotopic (exact) mass is 629 g/mol.